The summed E-state index contributed by atoms with van der Waals surface area (Å²) in [7, 11) is -3.88. The Kier molecular flexibility index (Phi) is 4.98. The number of imidazole rings is 1. The second-order valence-electron chi connectivity index (χ2n) is 5.25. The van der Waals surface area contributed by atoms with E-state index in [1.54, 1.807) is 6.33 Å². The van der Waals surface area contributed by atoms with Crippen molar-refractivity contribution in [1.82, 2.24) is 14.3 Å². The number of fused-ring (bicyclic) bond motifs is 1. The van der Waals surface area contributed by atoms with E-state index in [1.807, 2.05) is 28.8 Å². The Balaban J connectivity index is 1.62. The van der Waals surface area contributed by atoms with Gasteiger partial charge in [0, 0.05) is 17.6 Å². The molecule has 1 heterocycles. The molecule has 0 bridgehead atoms. The average molecular weight is 412 g/mol. The number of aromatic nitrogens is 2. The summed E-state index contributed by atoms with van der Waals surface area (Å²) in [6, 6.07) is 11.6. The fourth-order valence-electron chi connectivity index (χ4n) is 2.41. The van der Waals surface area contributed by atoms with Crippen molar-refractivity contribution in [1.29, 1.82) is 0 Å². The quantitative estimate of drug-likeness (QED) is 0.632. The summed E-state index contributed by atoms with van der Waals surface area (Å²) in [4.78, 5) is 3.93. The van der Waals surface area contributed by atoms with E-state index in [0.717, 1.165) is 17.1 Å². The molecule has 3 aromatic rings. The number of hydrogen-bond donors (Lipinski definition) is 1. The van der Waals surface area contributed by atoms with Gasteiger partial charge >= 0.3 is 0 Å². The van der Waals surface area contributed by atoms with Gasteiger partial charge in [-0.25, -0.2) is 22.5 Å². The molecule has 0 aliphatic carbocycles. The largest absolute Gasteiger partial charge is 0.331 e. The van der Waals surface area contributed by atoms with Crippen molar-refractivity contribution in [3.63, 3.8) is 0 Å². The van der Waals surface area contributed by atoms with Crippen molar-refractivity contribution in [3.05, 3.63) is 59.1 Å². The molecule has 0 aliphatic rings. The van der Waals surface area contributed by atoms with E-state index in [-0.39, 0.29) is 11.4 Å². The molecular formula is C16H15BrFN3O2S. The van der Waals surface area contributed by atoms with Crippen molar-refractivity contribution in [2.75, 3.05) is 6.54 Å². The van der Waals surface area contributed by atoms with Crippen LogP contribution in [0.15, 0.2) is 58.2 Å². The number of nitrogens with one attached hydrogen (secondary N) is 1. The first-order valence-electron chi connectivity index (χ1n) is 7.32. The van der Waals surface area contributed by atoms with Gasteiger partial charge in [0.05, 0.1) is 17.4 Å². The van der Waals surface area contributed by atoms with Gasteiger partial charge in [0.1, 0.15) is 10.7 Å². The minimum atomic E-state index is -3.88. The Hall–Kier alpha value is -1.77. The molecule has 0 radical (unpaired) electrons. The third-order valence-corrected chi connectivity index (χ3v) is 5.55. The predicted molar refractivity (Wildman–Crippen MR) is 93.6 cm³/mol. The molecule has 0 spiro atoms. The topological polar surface area (TPSA) is 64.0 Å². The lowest BCUT2D eigenvalue weighted by Crippen LogP contribution is -2.26. The molecule has 1 N–H and O–H groups in total. The number of para-hydroxylation sites is 2. The Bertz CT molecular complexity index is 972. The highest BCUT2D eigenvalue weighted by Crippen LogP contribution is 2.20. The fraction of sp³-hybridized carbons (Fsp3) is 0.188. The summed E-state index contributed by atoms with van der Waals surface area (Å²) in [5.41, 5.74) is 1.90. The third-order valence-electron chi connectivity index (χ3n) is 3.58. The number of hydrogen-bond acceptors (Lipinski definition) is 3. The lowest BCUT2D eigenvalue weighted by molar-refractivity contribution is 0.551. The SMILES string of the molecule is O=S(=O)(NCCCn1cnc2ccccc21)c1cc(Br)ccc1F. The van der Waals surface area contributed by atoms with Crippen molar-refractivity contribution < 1.29 is 12.8 Å². The molecule has 0 aliphatic heterocycles. The number of rotatable bonds is 6. The molecule has 8 heteroatoms. The van der Waals surface area contributed by atoms with Gasteiger partial charge in [-0.1, -0.05) is 28.1 Å². The third kappa shape index (κ3) is 3.66. The van der Waals surface area contributed by atoms with Crippen LogP contribution in [0.4, 0.5) is 4.39 Å². The van der Waals surface area contributed by atoms with E-state index in [2.05, 4.69) is 25.6 Å². The van der Waals surface area contributed by atoms with Gasteiger partial charge in [-0.2, -0.15) is 0 Å². The monoisotopic (exact) mass is 411 g/mol. The lowest BCUT2D eigenvalue weighted by Gasteiger charge is -2.09. The number of sulfonamides is 1. The average Bonchev–Trinajstić information content (AvgIpc) is 2.97. The standard InChI is InChI=1S/C16H15BrFN3O2S/c17-12-6-7-13(18)16(10-12)24(22,23)20-8-3-9-21-11-19-14-4-1-2-5-15(14)21/h1-2,4-7,10-11,20H,3,8-9H2. The molecule has 1 aromatic heterocycles. The van der Waals surface area contributed by atoms with Gasteiger partial charge in [-0.15, -0.1) is 0 Å². The molecule has 0 atom stereocenters. The Morgan fingerprint density at radius 1 is 1.21 bits per heavy atom. The van der Waals surface area contributed by atoms with Gasteiger partial charge in [-0.3, -0.25) is 0 Å². The van der Waals surface area contributed by atoms with Gasteiger partial charge in [-0.05, 0) is 36.8 Å². The van der Waals surface area contributed by atoms with Crippen LogP contribution in [0.3, 0.4) is 0 Å². The Morgan fingerprint density at radius 2 is 2.00 bits per heavy atom. The first-order valence-corrected chi connectivity index (χ1v) is 9.59. The summed E-state index contributed by atoms with van der Waals surface area (Å²) in [6.45, 7) is 0.824. The number of benzene rings is 2. The number of nitrogens with zero attached hydrogens (tertiary/aromatic N) is 2. The van der Waals surface area contributed by atoms with E-state index in [0.29, 0.717) is 17.4 Å². The molecule has 0 unspecified atom stereocenters. The molecule has 0 fully saturated rings. The second kappa shape index (κ2) is 7.00. The Labute approximate surface area is 147 Å². The fourth-order valence-corrected chi connectivity index (χ4v) is 4.09. The first kappa shape index (κ1) is 17.1. The second-order valence-corrected chi connectivity index (χ2v) is 7.90. The van der Waals surface area contributed by atoms with Crippen LogP contribution in [0.1, 0.15) is 6.42 Å². The van der Waals surface area contributed by atoms with Crippen LogP contribution >= 0.6 is 15.9 Å². The molecule has 5 nitrogen and oxygen atoms in total. The van der Waals surface area contributed by atoms with Crippen LogP contribution in [-0.2, 0) is 16.6 Å². The van der Waals surface area contributed by atoms with Crippen molar-refractivity contribution in [2.45, 2.75) is 17.9 Å². The highest BCUT2D eigenvalue weighted by molar-refractivity contribution is 9.10. The van der Waals surface area contributed by atoms with Crippen molar-refractivity contribution >= 4 is 37.0 Å². The van der Waals surface area contributed by atoms with Crippen LogP contribution in [0, 0.1) is 5.82 Å². The highest BCUT2D eigenvalue weighted by atomic mass is 79.9. The lowest BCUT2D eigenvalue weighted by atomic mass is 10.3. The molecule has 0 saturated heterocycles. The first-order chi connectivity index (χ1) is 11.5. The zero-order chi connectivity index (χ0) is 17.2. The zero-order valence-corrected chi connectivity index (χ0v) is 15.0. The van der Waals surface area contributed by atoms with E-state index < -0.39 is 15.8 Å². The smallest absolute Gasteiger partial charge is 0.243 e. The highest BCUT2D eigenvalue weighted by Gasteiger charge is 2.18. The molecular weight excluding hydrogens is 397 g/mol. The van der Waals surface area contributed by atoms with Crippen LogP contribution in [0.25, 0.3) is 11.0 Å². The molecule has 0 saturated carbocycles. The molecule has 126 valence electrons. The summed E-state index contributed by atoms with van der Waals surface area (Å²) >= 11 is 3.15. The van der Waals surface area contributed by atoms with Crippen molar-refractivity contribution in [2.24, 2.45) is 0 Å². The van der Waals surface area contributed by atoms with Crippen molar-refractivity contribution in [3.8, 4) is 0 Å². The van der Waals surface area contributed by atoms with E-state index in [9.17, 15) is 12.8 Å². The minimum absolute atomic E-state index is 0.209. The van der Waals surface area contributed by atoms with Crippen LogP contribution < -0.4 is 4.72 Å². The van der Waals surface area contributed by atoms with Gasteiger partial charge in [0.15, 0.2) is 0 Å². The van der Waals surface area contributed by atoms with Gasteiger partial charge < -0.3 is 4.57 Å². The van der Waals surface area contributed by atoms with Crippen LogP contribution in [-0.4, -0.2) is 24.5 Å². The molecule has 24 heavy (non-hydrogen) atoms. The summed E-state index contributed by atoms with van der Waals surface area (Å²) < 4.78 is 43.0. The predicted octanol–water partition coefficient (Wildman–Crippen LogP) is 3.31. The minimum Gasteiger partial charge on any atom is -0.331 e. The van der Waals surface area contributed by atoms with E-state index >= 15 is 0 Å². The maximum absolute atomic E-state index is 13.7. The summed E-state index contributed by atoms with van der Waals surface area (Å²) in [5.74, 6) is -0.772. The molecule has 0 amide bonds. The normalized spacial score (nSPS) is 11.9. The van der Waals surface area contributed by atoms with Gasteiger partial charge in [0.25, 0.3) is 0 Å². The van der Waals surface area contributed by atoms with Crippen LogP contribution in [0.5, 0.6) is 0 Å². The van der Waals surface area contributed by atoms with Gasteiger partial charge in [0.2, 0.25) is 10.0 Å². The summed E-state index contributed by atoms with van der Waals surface area (Å²) in [6.07, 6.45) is 2.29. The maximum Gasteiger partial charge on any atom is 0.243 e. The Morgan fingerprint density at radius 3 is 2.83 bits per heavy atom. The maximum atomic E-state index is 13.7. The van der Waals surface area contributed by atoms with E-state index in [4.69, 9.17) is 0 Å². The number of halogens is 2. The zero-order valence-electron chi connectivity index (χ0n) is 12.6. The number of aryl methyl sites for hydroxylation is 1. The van der Waals surface area contributed by atoms with Crippen LogP contribution in [0.2, 0.25) is 0 Å². The van der Waals surface area contributed by atoms with E-state index in [1.165, 1.54) is 12.1 Å². The summed E-state index contributed by atoms with van der Waals surface area (Å²) in [5, 5.41) is 0. The molecule has 2 aromatic carbocycles. The molecule has 3 rings (SSSR count).